The molecule has 19 heavy (non-hydrogen) atoms. The molecule has 0 saturated carbocycles. The maximum atomic E-state index is 12.9. The van der Waals surface area contributed by atoms with Crippen molar-refractivity contribution in [2.75, 3.05) is 31.9 Å². The molecular formula is C12H15ClF3N3. The van der Waals surface area contributed by atoms with Crippen molar-refractivity contribution in [3.63, 3.8) is 0 Å². The zero-order valence-corrected chi connectivity index (χ0v) is 11.0. The average molecular weight is 294 g/mol. The minimum absolute atomic E-state index is 0.127. The van der Waals surface area contributed by atoms with Gasteiger partial charge in [-0.15, -0.1) is 0 Å². The van der Waals surface area contributed by atoms with E-state index in [0.717, 1.165) is 6.07 Å². The summed E-state index contributed by atoms with van der Waals surface area (Å²) in [4.78, 5) is 1.96. The number of benzene rings is 1. The van der Waals surface area contributed by atoms with Gasteiger partial charge in [0.15, 0.2) is 0 Å². The number of piperazine rings is 1. The van der Waals surface area contributed by atoms with Crippen LogP contribution in [0.4, 0.5) is 18.9 Å². The standard InChI is InChI=1S/C12H15ClF3N3/c13-19-5-3-18(4-6-19)8-9-1-2-10(17)7-11(9)12(14,15)16/h1-2,7H,3-6,8,17H2. The zero-order chi connectivity index (χ0) is 14.0. The molecule has 1 aromatic carbocycles. The van der Waals surface area contributed by atoms with Crippen molar-refractivity contribution >= 4 is 17.5 Å². The quantitative estimate of drug-likeness (QED) is 0.672. The van der Waals surface area contributed by atoms with Crippen molar-refractivity contribution in [2.24, 2.45) is 0 Å². The first-order valence-corrected chi connectivity index (χ1v) is 6.29. The van der Waals surface area contributed by atoms with Crippen LogP contribution >= 0.6 is 11.8 Å². The molecule has 0 unspecified atom stereocenters. The monoisotopic (exact) mass is 293 g/mol. The molecule has 7 heteroatoms. The lowest BCUT2D eigenvalue weighted by Gasteiger charge is -2.31. The van der Waals surface area contributed by atoms with Crippen LogP contribution in [0.1, 0.15) is 11.1 Å². The van der Waals surface area contributed by atoms with E-state index in [1.165, 1.54) is 12.1 Å². The van der Waals surface area contributed by atoms with Gasteiger partial charge in [-0.1, -0.05) is 6.07 Å². The molecule has 106 valence electrons. The fraction of sp³-hybridized carbons (Fsp3) is 0.500. The number of anilines is 1. The first kappa shape index (κ1) is 14.4. The molecule has 1 aliphatic heterocycles. The van der Waals surface area contributed by atoms with E-state index in [1.54, 1.807) is 4.42 Å². The van der Waals surface area contributed by atoms with Crippen LogP contribution in [0.2, 0.25) is 0 Å². The van der Waals surface area contributed by atoms with Gasteiger partial charge < -0.3 is 5.73 Å². The summed E-state index contributed by atoms with van der Waals surface area (Å²) in [7, 11) is 0. The predicted molar refractivity (Wildman–Crippen MR) is 68.6 cm³/mol. The van der Waals surface area contributed by atoms with Gasteiger partial charge in [-0.25, -0.2) is 4.42 Å². The summed E-state index contributed by atoms with van der Waals surface area (Å²) in [5, 5.41) is 0. The van der Waals surface area contributed by atoms with Crippen molar-refractivity contribution in [3.05, 3.63) is 29.3 Å². The number of nitrogen functional groups attached to an aromatic ring is 1. The predicted octanol–water partition coefficient (Wildman–Crippen LogP) is 2.56. The summed E-state index contributed by atoms with van der Waals surface area (Å²) in [5.74, 6) is 0. The van der Waals surface area contributed by atoms with Crippen LogP contribution in [0.5, 0.6) is 0 Å². The molecule has 0 bridgehead atoms. The number of nitrogens with two attached hydrogens (primary N) is 1. The molecule has 0 atom stereocenters. The van der Waals surface area contributed by atoms with E-state index in [1.807, 2.05) is 4.90 Å². The minimum Gasteiger partial charge on any atom is -0.399 e. The van der Waals surface area contributed by atoms with E-state index in [-0.39, 0.29) is 17.8 Å². The summed E-state index contributed by atoms with van der Waals surface area (Å²) in [6.45, 7) is 2.88. The number of hydrogen-bond donors (Lipinski definition) is 1. The number of halogens is 4. The Balaban J connectivity index is 2.16. The van der Waals surface area contributed by atoms with Crippen molar-refractivity contribution in [3.8, 4) is 0 Å². The molecule has 2 rings (SSSR count). The molecule has 0 radical (unpaired) electrons. The third kappa shape index (κ3) is 3.75. The first-order chi connectivity index (χ1) is 8.86. The minimum atomic E-state index is -4.38. The first-order valence-electron chi connectivity index (χ1n) is 5.95. The van der Waals surface area contributed by atoms with E-state index >= 15 is 0 Å². The Hall–Kier alpha value is -0.980. The second-order valence-corrected chi connectivity index (χ2v) is 5.08. The highest BCUT2D eigenvalue weighted by atomic mass is 35.5. The number of rotatable bonds is 2. The summed E-state index contributed by atoms with van der Waals surface area (Å²) in [6, 6.07) is 3.95. The van der Waals surface area contributed by atoms with Crippen LogP contribution in [0, 0.1) is 0 Å². The number of nitrogens with zero attached hydrogens (tertiary/aromatic N) is 2. The van der Waals surface area contributed by atoms with E-state index in [4.69, 9.17) is 17.5 Å². The Morgan fingerprint density at radius 1 is 1.16 bits per heavy atom. The molecule has 1 aliphatic rings. The fourth-order valence-electron chi connectivity index (χ4n) is 2.12. The van der Waals surface area contributed by atoms with E-state index in [9.17, 15) is 13.2 Å². The van der Waals surface area contributed by atoms with Crippen LogP contribution in [0.3, 0.4) is 0 Å². The Morgan fingerprint density at radius 3 is 2.37 bits per heavy atom. The molecule has 1 saturated heterocycles. The molecule has 3 nitrogen and oxygen atoms in total. The Labute approximate surface area is 114 Å². The third-order valence-electron chi connectivity index (χ3n) is 3.15. The Bertz CT molecular complexity index is 442. The summed E-state index contributed by atoms with van der Waals surface area (Å²) in [6.07, 6.45) is -4.38. The average Bonchev–Trinajstić information content (AvgIpc) is 2.33. The van der Waals surface area contributed by atoms with Gasteiger partial charge in [-0.3, -0.25) is 4.90 Å². The van der Waals surface area contributed by atoms with Crippen LogP contribution in [0.15, 0.2) is 18.2 Å². The SMILES string of the molecule is Nc1ccc(CN2CCN(Cl)CC2)c(C(F)(F)F)c1. The highest BCUT2D eigenvalue weighted by molar-refractivity contribution is 6.13. The van der Waals surface area contributed by atoms with Crippen LogP contribution in [0.25, 0.3) is 0 Å². The molecular weight excluding hydrogens is 279 g/mol. The van der Waals surface area contributed by atoms with Crippen LogP contribution < -0.4 is 5.73 Å². The number of alkyl halides is 3. The maximum absolute atomic E-state index is 12.9. The largest absolute Gasteiger partial charge is 0.416 e. The molecule has 0 aromatic heterocycles. The summed E-state index contributed by atoms with van der Waals surface area (Å²) in [5.41, 5.74) is 5.17. The lowest BCUT2D eigenvalue weighted by molar-refractivity contribution is -0.138. The Kier molecular flexibility index (Phi) is 4.23. The normalized spacial score (nSPS) is 18.7. The smallest absolute Gasteiger partial charge is 0.399 e. The van der Waals surface area contributed by atoms with Crippen LogP contribution in [-0.2, 0) is 12.7 Å². The van der Waals surface area contributed by atoms with E-state index < -0.39 is 11.7 Å². The molecule has 0 spiro atoms. The summed E-state index contributed by atoms with van der Waals surface area (Å²) >= 11 is 5.82. The molecule has 2 N–H and O–H groups in total. The number of hydrogen-bond acceptors (Lipinski definition) is 3. The highest BCUT2D eigenvalue weighted by Gasteiger charge is 2.34. The third-order valence-corrected chi connectivity index (χ3v) is 3.49. The summed E-state index contributed by atoms with van der Waals surface area (Å²) < 4.78 is 40.5. The van der Waals surface area contributed by atoms with Gasteiger partial charge in [0, 0.05) is 38.4 Å². The molecule has 0 aliphatic carbocycles. The lowest BCUT2D eigenvalue weighted by Crippen LogP contribution is -2.42. The topological polar surface area (TPSA) is 32.5 Å². The zero-order valence-electron chi connectivity index (χ0n) is 10.3. The van der Waals surface area contributed by atoms with Gasteiger partial charge in [0.1, 0.15) is 0 Å². The maximum Gasteiger partial charge on any atom is 0.416 e. The van der Waals surface area contributed by atoms with Crippen molar-refractivity contribution in [1.29, 1.82) is 0 Å². The highest BCUT2D eigenvalue weighted by Crippen LogP contribution is 2.34. The van der Waals surface area contributed by atoms with Gasteiger partial charge in [0.25, 0.3) is 0 Å². The van der Waals surface area contributed by atoms with Gasteiger partial charge in [0.05, 0.1) is 5.56 Å². The van der Waals surface area contributed by atoms with Crippen LogP contribution in [-0.4, -0.2) is 35.5 Å². The fourth-order valence-corrected chi connectivity index (χ4v) is 2.27. The second kappa shape index (κ2) is 5.56. The lowest BCUT2D eigenvalue weighted by atomic mass is 10.1. The van der Waals surface area contributed by atoms with Gasteiger partial charge in [-0.2, -0.15) is 13.2 Å². The van der Waals surface area contributed by atoms with Crippen molar-refractivity contribution in [2.45, 2.75) is 12.7 Å². The van der Waals surface area contributed by atoms with Gasteiger partial charge >= 0.3 is 6.18 Å². The molecule has 1 aromatic rings. The molecule has 0 amide bonds. The molecule has 1 heterocycles. The Morgan fingerprint density at radius 2 is 1.79 bits per heavy atom. The van der Waals surface area contributed by atoms with Crippen molar-refractivity contribution in [1.82, 2.24) is 9.32 Å². The van der Waals surface area contributed by atoms with Crippen molar-refractivity contribution < 1.29 is 13.2 Å². The van der Waals surface area contributed by atoms with E-state index in [0.29, 0.717) is 26.2 Å². The van der Waals surface area contributed by atoms with E-state index in [2.05, 4.69) is 0 Å². The van der Waals surface area contributed by atoms with Gasteiger partial charge in [-0.05, 0) is 29.5 Å². The second-order valence-electron chi connectivity index (χ2n) is 4.60. The van der Waals surface area contributed by atoms with Gasteiger partial charge in [0.2, 0.25) is 0 Å². The molecule has 1 fully saturated rings.